The van der Waals surface area contributed by atoms with Crippen LogP contribution in [0, 0.1) is 6.92 Å². The average Bonchev–Trinajstić information content (AvgIpc) is 2.85. The highest BCUT2D eigenvalue weighted by Gasteiger charge is 2.24. The van der Waals surface area contributed by atoms with Crippen LogP contribution in [0.4, 0.5) is 5.69 Å². The fourth-order valence-corrected chi connectivity index (χ4v) is 2.93. The lowest BCUT2D eigenvalue weighted by Crippen LogP contribution is -2.34. The van der Waals surface area contributed by atoms with Crippen molar-refractivity contribution in [2.75, 3.05) is 5.32 Å². The van der Waals surface area contributed by atoms with Gasteiger partial charge in [0.2, 0.25) is 0 Å². The molecule has 1 aliphatic rings. The molecule has 0 aliphatic carbocycles. The predicted octanol–water partition coefficient (Wildman–Crippen LogP) is 3.01. The SMILES string of the molecule is Cc1cscc1C(=O)c1ccc2c(c1)NC(=O)C(C)O2. The van der Waals surface area contributed by atoms with Gasteiger partial charge in [0.15, 0.2) is 11.9 Å². The molecule has 1 aromatic heterocycles. The second kappa shape index (κ2) is 4.76. The normalized spacial score (nSPS) is 17.1. The van der Waals surface area contributed by atoms with Gasteiger partial charge in [0.05, 0.1) is 5.69 Å². The molecular weight excluding hydrogens is 274 g/mol. The Morgan fingerprint density at radius 2 is 2.15 bits per heavy atom. The minimum absolute atomic E-state index is 0.0422. The highest BCUT2D eigenvalue weighted by Crippen LogP contribution is 2.31. The molecule has 0 radical (unpaired) electrons. The molecule has 1 amide bonds. The van der Waals surface area contributed by atoms with Crippen molar-refractivity contribution in [3.05, 3.63) is 45.6 Å². The molecule has 1 aromatic carbocycles. The molecule has 1 unspecified atom stereocenters. The Kier molecular flexibility index (Phi) is 3.06. The highest BCUT2D eigenvalue weighted by molar-refractivity contribution is 7.08. The monoisotopic (exact) mass is 287 g/mol. The number of rotatable bonds is 2. The van der Waals surface area contributed by atoms with E-state index < -0.39 is 6.10 Å². The van der Waals surface area contributed by atoms with Crippen LogP contribution in [-0.2, 0) is 4.79 Å². The number of nitrogens with one attached hydrogen (secondary N) is 1. The first-order valence-electron chi connectivity index (χ1n) is 6.25. The molecular formula is C15H13NO3S. The fourth-order valence-electron chi connectivity index (χ4n) is 2.10. The van der Waals surface area contributed by atoms with Gasteiger partial charge in [0.1, 0.15) is 5.75 Å². The van der Waals surface area contributed by atoms with Crippen LogP contribution in [0.1, 0.15) is 28.4 Å². The smallest absolute Gasteiger partial charge is 0.265 e. The Labute approximate surface area is 120 Å². The van der Waals surface area contributed by atoms with E-state index in [1.54, 1.807) is 25.1 Å². The van der Waals surface area contributed by atoms with E-state index in [2.05, 4.69) is 5.32 Å². The van der Waals surface area contributed by atoms with E-state index in [1.807, 2.05) is 17.7 Å². The van der Waals surface area contributed by atoms with Gasteiger partial charge < -0.3 is 10.1 Å². The number of thiophene rings is 1. The fraction of sp³-hybridized carbons (Fsp3) is 0.200. The number of hydrogen-bond donors (Lipinski definition) is 1. The summed E-state index contributed by atoms with van der Waals surface area (Å²) in [6.07, 6.45) is -0.511. The van der Waals surface area contributed by atoms with Crippen molar-refractivity contribution >= 4 is 28.7 Å². The Hall–Kier alpha value is -2.14. The van der Waals surface area contributed by atoms with Crippen LogP contribution in [0.5, 0.6) is 5.75 Å². The molecule has 4 nitrogen and oxygen atoms in total. The Morgan fingerprint density at radius 1 is 1.35 bits per heavy atom. The van der Waals surface area contributed by atoms with Gasteiger partial charge >= 0.3 is 0 Å². The molecule has 1 N–H and O–H groups in total. The molecule has 0 bridgehead atoms. The Morgan fingerprint density at radius 3 is 2.85 bits per heavy atom. The van der Waals surface area contributed by atoms with Crippen LogP contribution in [0.15, 0.2) is 29.0 Å². The lowest BCUT2D eigenvalue weighted by atomic mass is 10.0. The molecule has 2 heterocycles. The predicted molar refractivity (Wildman–Crippen MR) is 77.7 cm³/mol. The number of benzene rings is 1. The minimum atomic E-state index is -0.511. The number of hydrogen-bond acceptors (Lipinski definition) is 4. The lowest BCUT2D eigenvalue weighted by molar-refractivity contribution is -0.122. The standard InChI is InChI=1S/C15H13NO3S/c1-8-6-20-7-11(8)14(17)10-3-4-13-12(5-10)16-15(18)9(2)19-13/h3-7,9H,1-2H3,(H,16,18). The second-order valence-corrected chi connectivity index (χ2v) is 5.50. The molecule has 3 rings (SSSR count). The molecule has 5 heteroatoms. The third-order valence-electron chi connectivity index (χ3n) is 3.27. The van der Waals surface area contributed by atoms with Crippen molar-refractivity contribution in [3.8, 4) is 5.75 Å². The summed E-state index contributed by atoms with van der Waals surface area (Å²) in [4.78, 5) is 24.0. The van der Waals surface area contributed by atoms with E-state index in [1.165, 1.54) is 11.3 Å². The van der Waals surface area contributed by atoms with Gasteiger partial charge in [-0.05, 0) is 43.0 Å². The van der Waals surface area contributed by atoms with Crippen LogP contribution in [0.25, 0.3) is 0 Å². The Balaban J connectivity index is 1.97. The quantitative estimate of drug-likeness (QED) is 0.864. The third-order valence-corrected chi connectivity index (χ3v) is 4.13. The molecule has 2 aromatic rings. The van der Waals surface area contributed by atoms with Crippen molar-refractivity contribution in [2.45, 2.75) is 20.0 Å². The van der Waals surface area contributed by atoms with Gasteiger partial charge in [-0.3, -0.25) is 9.59 Å². The van der Waals surface area contributed by atoms with E-state index in [-0.39, 0.29) is 11.7 Å². The van der Waals surface area contributed by atoms with Gasteiger partial charge in [-0.25, -0.2) is 0 Å². The lowest BCUT2D eigenvalue weighted by Gasteiger charge is -2.23. The van der Waals surface area contributed by atoms with Gasteiger partial charge in [-0.2, -0.15) is 11.3 Å². The van der Waals surface area contributed by atoms with Crippen molar-refractivity contribution in [2.24, 2.45) is 0 Å². The number of carbonyl (C=O) groups is 2. The molecule has 0 saturated heterocycles. The maximum Gasteiger partial charge on any atom is 0.265 e. The minimum Gasteiger partial charge on any atom is -0.479 e. The first-order valence-corrected chi connectivity index (χ1v) is 7.19. The van der Waals surface area contributed by atoms with Crippen LogP contribution < -0.4 is 10.1 Å². The first kappa shape index (κ1) is 12.9. The Bertz CT molecular complexity index is 705. The number of ketones is 1. The summed E-state index contributed by atoms with van der Waals surface area (Å²) < 4.78 is 5.47. The molecule has 0 saturated carbocycles. The molecule has 102 valence electrons. The average molecular weight is 287 g/mol. The van der Waals surface area contributed by atoms with E-state index in [0.29, 0.717) is 22.6 Å². The summed E-state index contributed by atoms with van der Waals surface area (Å²) in [5.41, 5.74) is 2.76. The summed E-state index contributed by atoms with van der Waals surface area (Å²) in [6.45, 7) is 3.60. The number of amides is 1. The zero-order valence-electron chi connectivity index (χ0n) is 11.1. The number of aryl methyl sites for hydroxylation is 1. The van der Waals surface area contributed by atoms with Gasteiger partial charge in [0, 0.05) is 16.5 Å². The van der Waals surface area contributed by atoms with Gasteiger partial charge in [0.25, 0.3) is 5.91 Å². The zero-order valence-corrected chi connectivity index (χ0v) is 11.9. The molecule has 1 atom stereocenters. The molecule has 0 fully saturated rings. The van der Waals surface area contributed by atoms with Crippen molar-refractivity contribution < 1.29 is 14.3 Å². The third kappa shape index (κ3) is 2.10. The second-order valence-electron chi connectivity index (χ2n) is 4.76. The van der Waals surface area contributed by atoms with E-state index in [4.69, 9.17) is 4.74 Å². The van der Waals surface area contributed by atoms with E-state index in [9.17, 15) is 9.59 Å². The summed E-state index contributed by atoms with van der Waals surface area (Å²) in [7, 11) is 0. The highest BCUT2D eigenvalue weighted by atomic mass is 32.1. The van der Waals surface area contributed by atoms with Crippen molar-refractivity contribution in [1.29, 1.82) is 0 Å². The molecule has 1 aliphatic heterocycles. The first-order chi connectivity index (χ1) is 9.56. The summed E-state index contributed by atoms with van der Waals surface area (Å²) in [5.74, 6) is 0.351. The van der Waals surface area contributed by atoms with Crippen LogP contribution in [-0.4, -0.2) is 17.8 Å². The molecule has 20 heavy (non-hydrogen) atoms. The topological polar surface area (TPSA) is 55.4 Å². The van der Waals surface area contributed by atoms with Crippen LogP contribution >= 0.6 is 11.3 Å². The zero-order chi connectivity index (χ0) is 14.3. The molecule has 0 spiro atoms. The van der Waals surface area contributed by atoms with E-state index in [0.717, 1.165) is 5.56 Å². The number of anilines is 1. The summed E-state index contributed by atoms with van der Waals surface area (Å²) in [6, 6.07) is 5.11. The van der Waals surface area contributed by atoms with Crippen LogP contribution in [0.2, 0.25) is 0 Å². The van der Waals surface area contributed by atoms with Crippen molar-refractivity contribution in [3.63, 3.8) is 0 Å². The number of ether oxygens (including phenoxy) is 1. The van der Waals surface area contributed by atoms with Gasteiger partial charge in [-0.15, -0.1) is 0 Å². The maximum absolute atomic E-state index is 12.4. The van der Waals surface area contributed by atoms with Gasteiger partial charge in [-0.1, -0.05) is 0 Å². The maximum atomic E-state index is 12.4. The van der Waals surface area contributed by atoms with E-state index >= 15 is 0 Å². The number of fused-ring (bicyclic) bond motifs is 1. The number of carbonyl (C=O) groups excluding carboxylic acids is 2. The summed E-state index contributed by atoms with van der Waals surface area (Å²) in [5, 5.41) is 6.54. The summed E-state index contributed by atoms with van der Waals surface area (Å²) >= 11 is 1.50. The van der Waals surface area contributed by atoms with Crippen LogP contribution in [0.3, 0.4) is 0 Å². The van der Waals surface area contributed by atoms with Crippen molar-refractivity contribution in [1.82, 2.24) is 0 Å². The largest absolute Gasteiger partial charge is 0.479 e.